The van der Waals surface area contributed by atoms with E-state index < -0.39 is 0 Å². The van der Waals surface area contributed by atoms with Crippen molar-refractivity contribution in [3.8, 4) is 0 Å². The van der Waals surface area contributed by atoms with Crippen molar-refractivity contribution in [2.24, 2.45) is 5.41 Å². The second-order valence-corrected chi connectivity index (χ2v) is 3.42. The van der Waals surface area contributed by atoms with Gasteiger partial charge in [0, 0.05) is 11.8 Å². The van der Waals surface area contributed by atoms with Gasteiger partial charge >= 0.3 is 0 Å². The van der Waals surface area contributed by atoms with Gasteiger partial charge in [-0.25, -0.2) is 0 Å². The zero-order valence-electron chi connectivity index (χ0n) is 6.82. The van der Waals surface area contributed by atoms with Crippen molar-refractivity contribution in [2.75, 3.05) is 0 Å². The lowest BCUT2D eigenvalue weighted by atomic mass is 9.88. The topological polar surface area (TPSA) is 17.1 Å². The molecule has 0 heterocycles. The first-order valence-corrected chi connectivity index (χ1v) is 3.51. The molecule has 0 aromatic carbocycles. The third-order valence-corrected chi connectivity index (χ3v) is 1.31. The fourth-order valence-corrected chi connectivity index (χ4v) is 0.602. The van der Waals surface area contributed by atoms with Crippen LogP contribution in [-0.2, 0) is 4.79 Å². The quantitative estimate of drug-likeness (QED) is 0.582. The Balaban J connectivity index is 0. The van der Waals surface area contributed by atoms with Crippen molar-refractivity contribution in [1.29, 1.82) is 0 Å². The monoisotopic (exact) mass is 144 g/mol. The number of carbonyl (C=O) groups is 1. The average Bonchev–Trinajstić information content (AvgIpc) is 1.64. The Morgan fingerprint density at radius 3 is 1.80 bits per heavy atom. The van der Waals surface area contributed by atoms with Gasteiger partial charge in [0.25, 0.3) is 0 Å². The van der Waals surface area contributed by atoms with E-state index in [4.69, 9.17) is 0 Å². The van der Waals surface area contributed by atoms with Gasteiger partial charge in [-0.05, 0) is 6.42 Å². The van der Waals surface area contributed by atoms with Crippen molar-refractivity contribution < 1.29 is 4.79 Å². The minimum atomic E-state index is -0.129. The van der Waals surface area contributed by atoms with Crippen molar-refractivity contribution in [1.82, 2.24) is 0 Å². The van der Waals surface area contributed by atoms with Crippen LogP contribution in [-0.4, -0.2) is 5.78 Å². The van der Waals surface area contributed by atoms with Crippen LogP contribution in [0, 0.1) is 5.41 Å². The summed E-state index contributed by atoms with van der Waals surface area (Å²) < 4.78 is 0. The third kappa shape index (κ3) is 4.54. The minimum absolute atomic E-state index is 0. The molecule has 0 amide bonds. The molecule has 0 aliphatic rings. The van der Waals surface area contributed by atoms with E-state index in [-0.39, 0.29) is 12.8 Å². The smallest absolute Gasteiger partial charge is 0.138 e. The predicted molar refractivity (Wildman–Crippen MR) is 46.1 cm³/mol. The fourth-order valence-electron chi connectivity index (χ4n) is 0.602. The summed E-state index contributed by atoms with van der Waals surface area (Å²) in [5, 5.41) is 0. The van der Waals surface area contributed by atoms with E-state index in [0.717, 1.165) is 12.8 Å². The summed E-state index contributed by atoms with van der Waals surface area (Å²) >= 11 is 0. The van der Waals surface area contributed by atoms with E-state index in [1.807, 2.05) is 27.7 Å². The molecule has 0 aliphatic carbocycles. The first kappa shape index (κ1) is 12.4. The lowest BCUT2D eigenvalue weighted by molar-refractivity contribution is -0.126. The highest BCUT2D eigenvalue weighted by atomic mass is 16.1. The van der Waals surface area contributed by atoms with Crippen LogP contribution < -0.4 is 0 Å². The van der Waals surface area contributed by atoms with E-state index in [0.29, 0.717) is 5.78 Å². The molecule has 0 radical (unpaired) electrons. The van der Waals surface area contributed by atoms with Gasteiger partial charge in [0.15, 0.2) is 0 Å². The SMILES string of the molecule is C.CCCC(=O)C(C)(C)C. The number of hydrogen-bond acceptors (Lipinski definition) is 1. The summed E-state index contributed by atoms with van der Waals surface area (Å²) in [7, 11) is 0. The maximum Gasteiger partial charge on any atom is 0.138 e. The fraction of sp³-hybridized carbons (Fsp3) is 0.889. The van der Waals surface area contributed by atoms with Crippen LogP contribution in [0.1, 0.15) is 48.0 Å². The number of hydrogen-bond donors (Lipinski definition) is 0. The first-order valence-electron chi connectivity index (χ1n) is 3.51. The Hall–Kier alpha value is -0.330. The summed E-state index contributed by atoms with van der Waals surface area (Å²) in [5.41, 5.74) is -0.129. The molecule has 0 saturated heterocycles. The predicted octanol–water partition coefficient (Wildman–Crippen LogP) is 3.04. The molecule has 1 nitrogen and oxygen atoms in total. The number of carbonyl (C=O) groups excluding carboxylic acids is 1. The highest BCUT2D eigenvalue weighted by Gasteiger charge is 2.18. The lowest BCUT2D eigenvalue weighted by Crippen LogP contribution is -2.19. The summed E-state index contributed by atoms with van der Waals surface area (Å²) in [4.78, 5) is 11.1. The summed E-state index contributed by atoms with van der Waals surface area (Å²) in [5.74, 6) is 0.366. The van der Waals surface area contributed by atoms with Gasteiger partial charge in [-0.1, -0.05) is 35.1 Å². The summed E-state index contributed by atoms with van der Waals surface area (Å²) in [6.07, 6.45) is 1.69. The largest absolute Gasteiger partial charge is 0.299 e. The second-order valence-electron chi connectivity index (χ2n) is 3.42. The van der Waals surface area contributed by atoms with Gasteiger partial charge in [0.2, 0.25) is 0 Å². The lowest BCUT2D eigenvalue weighted by Gasteiger charge is -2.15. The molecular weight excluding hydrogens is 124 g/mol. The second kappa shape index (κ2) is 4.48. The van der Waals surface area contributed by atoms with Gasteiger partial charge in [-0.3, -0.25) is 4.79 Å². The molecule has 0 atom stereocenters. The van der Waals surface area contributed by atoms with Crippen molar-refractivity contribution in [3.63, 3.8) is 0 Å². The number of Topliss-reactive ketones (excluding diaryl/α,β-unsaturated/α-hetero) is 1. The molecule has 0 aliphatic heterocycles. The van der Waals surface area contributed by atoms with Gasteiger partial charge in [0.1, 0.15) is 5.78 Å². The van der Waals surface area contributed by atoms with E-state index in [1.54, 1.807) is 0 Å². The summed E-state index contributed by atoms with van der Waals surface area (Å²) in [6.45, 7) is 7.92. The maximum atomic E-state index is 11.1. The number of ketones is 1. The van der Waals surface area contributed by atoms with Gasteiger partial charge in [-0.15, -0.1) is 0 Å². The van der Waals surface area contributed by atoms with Crippen LogP contribution in [0.15, 0.2) is 0 Å². The molecule has 0 N–H and O–H groups in total. The zero-order chi connectivity index (χ0) is 7.49. The van der Waals surface area contributed by atoms with Crippen LogP contribution in [0.3, 0.4) is 0 Å². The minimum Gasteiger partial charge on any atom is -0.299 e. The molecule has 0 saturated carbocycles. The van der Waals surface area contributed by atoms with Crippen LogP contribution in [0.4, 0.5) is 0 Å². The van der Waals surface area contributed by atoms with Crippen molar-refractivity contribution in [2.45, 2.75) is 48.0 Å². The Kier molecular flexibility index (Phi) is 5.54. The molecule has 62 valence electrons. The molecule has 0 fully saturated rings. The standard InChI is InChI=1S/C8H16O.CH4/c1-5-6-7(9)8(2,3)4;/h5-6H2,1-4H3;1H4. The van der Waals surface area contributed by atoms with Gasteiger partial charge in [0.05, 0.1) is 0 Å². The number of rotatable bonds is 2. The average molecular weight is 144 g/mol. The molecule has 0 bridgehead atoms. The van der Waals surface area contributed by atoms with Gasteiger partial charge in [-0.2, -0.15) is 0 Å². The normalized spacial score (nSPS) is 10.4. The Morgan fingerprint density at radius 1 is 1.30 bits per heavy atom. The van der Waals surface area contributed by atoms with Crippen molar-refractivity contribution >= 4 is 5.78 Å². The molecule has 10 heavy (non-hydrogen) atoms. The molecule has 0 aromatic rings. The third-order valence-electron chi connectivity index (χ3n) is 1.31. The zero-order valence-corrected chi connectivity index (χ0v) is 6.82. The maximum absolute atomic E-state index is 11.1. The molecule has 0 rings (SSSR count). The van der Waals surface area contributed by atoms with Crippen LogP contribution in [0.2, 0.25) is 0 Å². The van der Waals surface area contributed by atoms with E-state index >= 15 is 0 Å². The van der Waals surface area contributed by atoms with Gasteiger partial charge < -0.3 is 0 Å². The highest BCUT2D eigenvalue weighted by molar-refractivity contribution is 5.83. The van der Waals surface area contributed by atoms with E-state index in [2.05, 4.69) is 0 Å². The van der Waals surface area contributed by atoms with Crippen LogP contribution in [0.25, 0.3) is 0 Å². The van der Waals surface area contributed by atoms with E-state index in [9.17, 15) is 4.79 Å². The van der Waals surface area contributed by atoms with Crippen LogP contribution in [0.5, 0.6) is 0 Å². The Morgan fingerprint density at radius 2 is 1.70 bits per heavy atom. The molecule has 0 spiro atoms. The molecule has 1 heteroatoms. The molecule has 0 unspecified atom stereocenters. The van der Waals surface area contributed by atoms with E-state index in [1.165, 1.54) is 0 Å². The summed E-state index contributed by atoms with van der Waals surface area (Å²) in [6, 6.07) is 0. The van der Waals surface area contributed by atoms with Crippen molar-refractivity contribution in [3.05, 3.63) is 0 Å². The Bertz CT molecular complexity index is 97.8. The van der Waals surface area contributed by atoms with Crippen LogP contribution >= 0.6 is 0 Å². The first-order chi connectivity index (χ1) is 3.98. The Labute approximate surface area is 64.8 Å². The molecular formula is C9H20O. The molecule has 0 aromatic heterocycles. The highest BCUT2D eigenvalue weighted by Crippen LogP contribution is 2.16.